The highest BCUT2D eigenvalue weighted by Gasteiger charge is 2.51. The van der Waals surface area contributed by atoms with Crippen LogP contribution in [0.3, 0.4) is 0 Å². The van der Waals surface area contributed by atoms with Gasteiger partial charge in [-0.1, -0.05) is 23.8 Å². The van der Waals surface area contributed by atoms with Crippen LogP contribution < -0.4 is 4.74 Å². The van der Waals surface area contributed by atoms with Gasteiger partial charge in [0.1, 0.15) is 12.3 Å². The molecule has 3 amide bonds. The summed E-state index contributed by atoms with van der Waals surface area (Å²) >= 11 is 5.95. The Morgan fingerprint density at radius 2 is 1.36 bits per heavy atom. The SMILES string of the molecule is O=C(CN(C(=O)c1ccc(Cl)cc1)N1C(=O)[C@H]2CC=CC[C@@H]2C1=O)c1ccc(OC(=O)c2ccc([N+](=O)[O-])cc2)cc1. The van der Waals surface area contributed by atoms with E-state index < -0.39 is 52.8 Å². The van der Waals surface area contributed by atoms with Crippen molar-refractivity contribution in [3.05, 3.63) is 117 Å². The number of non-ortho nitro benzene ring substituents is 1. The summed E-state index contributed by atoms with van der Waals surface area (Å²) in [7, 11) is 0. The van der Waals surface area contributed by atoms with Crippen molar-refractivity contribution in [3.63, 3.8) is 0 Å². The molecule has 212 valence electrons. The molecule has 11 nitrogen and oxygen atoms in total. The highest BCUT2D eigenvalue weighted by atomic mass is 35.5. The van der Waals surface area contributed by atoms with E-state index in [-0.39, 0.29) is 28.1 Å². The molecule has 2 aliphatic rings. The zero-order chi connectivity index (χ0) is 30.0. The molecule has 5 rings (SSSR count). The molecule has 1 fully saturated rings. The Bertz CT molecular complexity index is 1590. The number of allylic oxidation sites excluding steroid dienone is 2. The van der Waals surface area contributed by atoms with Gasteiger partial charge in [-0.3, -0.25) is 29.3 Å². The fraction of sp³-hybridized carbons (Fsp3) is 0.167. The molecule has 1 saturated heterocycles. The van der Waals surface area contributed by atoms with Crippen molar-refractivity contribution in [2.45, 2.75) is 12.8 Å². The number of esters is 1. The summed E-state index contributed by atoms with van der Waals surface area (Å²) in [6.07, 6.45) is 4.37. The molecule has 3 aromatic rings. The minimum absolute atomic E-state index is 0.0906. The first-order chi connectivity index (χ1) is 20.1. The molecule has 2 atom stereocenters. The van der Waals surface area contributed by atoms with E-state index in [2.05, 4.69) is 0 Å². The second-order valence-electron chi connectivity index (χ2n) is 9.65. The van der Waals surface area contributed by atoms with E-state index in [0.29, 0.717) is 17.9 Å². The van der Waals surface area contributed by atoms with Gasteiger partial charge in [0.2, 0.25) is 0 Å². The number of carbonyl (C=O) groups excluding carboxylic acids is 5. The number of imide groups is 1. The molecule has 42 heavy (non-hydrogen) atoms. The van der Waals surface area contributed by atoms with E-state index in [1.165, 1.54) is 72.8 Å². The van der Waals surface area contributed by atoms with Crippen molar-refractivity contribution >= 4 is 46.8 Å². The van der Waals surface area contributed by atoms with Crippen molar-refractivity contribution < 1.29 is 33.6 Å². The Morgan fingerprint density at radius 1 is 0.833 bits per heavy atom. The summed E-state index contributed by atoms with van der Waals surface area (Å²) in [6.45, 7) is -0.603. The second kappa shape index (κ2) is 11.8. The lowest BCUT2D eigenvalue weighted by atomic mass is 9.85. The average Bonchev–Trinajstić information content (AvgIpc) is 3.25. The van der Waals surface area contributed by atoms with Gasteiger partial charge in [-0.15, -0.1) is 0 Å². The number of rotatable bonds is 8. The van der Waals surface area contributed by atoms with Crippen LogP contribution in [0.4, 0.5) is 5.69 Å². The molecule has 1 aliphatic heterocycles. The lowest BCUT2D eigenvalue weighted by molar-refractivity contribution is -0.384. The largest absolute Gasteiger partial charge is 0.423 e. The van der Waals surface area contributed by atoms with E-state index in [0.717, 1.165) is 10.0 Å². The van der Waals surface area contributed by atoms with Gasteiger partial charge in [0.25, 0.3) is 23.4 Å². The lowest BCUT2D eigenvalue weighted by Crippen LogP contribution is -2.52. The summed E-state index contributed by atoms with van der Waals surface area (Å²) in [4.78, 5) is 76.1. The predicted octanol–water partition coefficient (Wildman–Crippen LogP) is 4.66. The number of ketones is 1. The molecule has 0 unspecified atom stereocenters. The summed E-state index contributed by atoms with van der Waals surface area (Å²) < 4.78 is 5.29. The minimum Gasteiger partial charge on any atom is -0.423 e. The maximum atomic E-state index is 13.5. The van der Waals surface area contributed by atoms with Gasteiger partial charge in [-0.25, -0.2) is 9.80 Å². The van der Waals surface area contributed by atoms with E-state index >= 15 is 0 Å². The maximum absolute atomic E-state index is 13.5. The van der Waals surface area contributed by atoms with Crippen molar-refractivity contribution in [2.24, 2.45) is 11.8 Å². The Labute approximate surface area is 244 Å². The number of Topliss-reactive ketones (excluding diaryl/α,β-unsaturated/α-hetero) is 1. The zero-order valence-corrected chi connectivity index (χ0v) is 22.6. The molecule has 0 saturated carbocycles. The minimum atomic E-state index is -0.759. The van der Waals surface area contributed by atoms with Crippen LogP contribution in [0, 0.1) is 22.0 Å². The fourth-order valence-corrected chi connectivity index (χ4v) is 4.94. The zero-order valence-electron chi connectivity index (χ0n) is 21.8. The smallest absolute Gasteiger partial charge is 0.343 e. The van der Waals surface area contributed by atoms with Crippen LogP contribution in [0.5, 0.6) is 5.75 Å². The number of benzene rings is 3. The monoisotopic (exact) mass is 587 g/mol. The number of ether oxygens (including phenoxy) is 1. The number of nitro groups is 1. The molecule has 12 heteroatoms. The first-order valence-corrected chi connectivity index (χ1v) is 13.2. The number of nitrogens with zero attached hydrogens (tertiary/aromatic N) is 3. The second-order valence-corrected chi connectivity index (χ2v) is 10.1. The average molecular weight is 588 g/mol. The normalized spacial score (nSPS) is 17.5. The number of fused-ring (bicyclic) bond motifs is 1. The first-order valence-electron chi connectivity index (χ1n) is 12.8. The van der Waals surface area contributed by atoms with Crippen molar-refractivity contribution in [2.75, 3.05) is 6.54 Å². The van der Waals surface area contributed by atoms with E-state index in [4.69, 9.17) is 16.3 Å². The Hall–Kier alpha value is -5.16. The van der Waals surface area contributed by atoms with E-state index in [9.17, 15) is 34.1 Å². The van der Waals surface area contributed by atoms with Gasteiger partial charge in [-0.05, 0) is 73.5 Å². The molecule has 0 bridgehead atoms. The van der Waals surface area contributed by atoms with Crippen molar-refractivity contribution in [3.8, 4) is 5.75 Å². The van der Waals surface area contributed by atoms with Crippen LogP contribution in [-0.4, -0.2) is 51.0 Å². The standard InChI is InChI=1S/C30H22ClN3O8/c31-21-11-5-19(6-12-21)27(36)32(33-28(37)24-3-1-2-4-25(24)29(33)38)17-26(35)18-9-15-23(16-10-18)42-30(39)20-7-13-22(14-8-20)34(40)41/h1-2,5-16,24-25H,3-4,17H2/t24-,25-/m0/s1. The predicted molar refractivity (Wildman–Crippen MR) is 149 cm³/mol. The number of carbonyl (C=O) groups is 5. The highest BCUT2D eigenvalue weighted by molar-refractivity contribution is 6.30. The maximum Gasteiger partial charge on any atom is 0.343 e. The number of halogens is 1. The van der Waals surface area contributed by atoms with Gasteiger partial charge in [-0.2, -0.15) is 5.01 Å². The quantitative estimate of drug-likeness (QED) is 0.0704. The number of hydrogen-bond acceptors (Lipinski definition) is 8. The summed E-state index contributed by atoms with van der Waals surface area (Å²) in [5, 5.41) is 12.9. The molecule has 1 heterocycles. The van der Waals surface area contributed by atoms with Gasteiger partial charge in [0.15, 0.2) is 5.78 Å². The third-order valence-corrected chi connectivity index (χ3v) is 7.30. The Kier molecular flexibility index (Phi) is 7.94. The van der Waals surface area contributed by atoms with Gasteiger partial charge >= 0.3 is 5.97 Å². The van der Waals surface area contributed by atoms with Gasteiger partial charge in [0, 0.05) is 28.3 Å². The Morgan fingerprint density at radius 3 is 1.90 bits per heavy atom. The molecule has 3 aromatic carbocycles. The molecule has 1 aliphatic carbocycles. The molecule has 0 radical (unpaired) electrons. The highest BCUT2D eigenvalue weighted by Crippen LogP contribution is 2.36. The molecule has 0 N–H and O–H groups in total. The molecular formula is C30H22ClN3O8. The topological polar surface area (TPSA) is 144 Å². The summed E-state index contributed by atoms with van der Waals surface area (Å²) in [5.74, 6) is -4.25. The third-order valence-electron chi connectivity index (χ3n) is 7.05. The van der Waals surface area contributed by atoms with Crippen LogP contribution in [0.25, 0.3) is 0 Å². The number of hydrazine groups is 1. The van der Waals surface area contributed by atoms with Crippen LogP contribution in [0.15, 0.2) is 84.9 Å². The van der Waals surface area contributed by atoms with Crippen LogP contribution in [0.1, 0.15) is 43.9 Å². The van der Waals surface area contributed by atoms with Crippen LogP contribution in [-0.2, 0) is 9.59 Å². The first kappa shape index (κ1) is 28.4. The van der Waals surface area contributed by atoms with E-state index in [1.807, 2.05) is 12.2 Å². The number of hydrogen-bond donors (Lipinski definition) is 0. The van der Waals surface area contributed by atoms with Crippen molar-refractivity contribution in [1.29, 1.82) is 0 Å². The van der Waals surface area contributed by atoms with Crippen molar-refractivity contribution in [1.82, 2.24) is 10.0 Å². The summed E-state index contributed by atoms with van der Waals surface area (Å²) in [6, 6.07) is 16.2. The van der Waals surface area contributed by atoms with Gasteiger partial charge < -0.3 is 4.74 Å². The fourth-order valence-electron chi connectivity index (χ4n) is 4.82. The number of amides is 3. The lowest BCUT2D eigenvalue weighted by Gasteiger charge is -2.30. The van der Waals surface area contributed by atoms with Crippen LogP contribution in [0.2, 0.25) is 5.02 Å². The Balaban J connectivity index is 1.34. The molecule has 0 spiro atoms. The molecule has 0 aromatic heterocycles. The summed E-state index contributed by atoms with van der Waals surface area (Å²) in [5.41, 5.74) is 0.185. The number of nitro benzene ring substituents is 1. The van der Waals surface area contributed by atoms with Gasteiger partial charge in [0.05, 0.1) is 22.3 Å². The molecular weight excluding hydrogens is 566 g/mol. The third kappa shape index (κ3) is 5.68. The van der Waals surface area contributed by atoms with E-state index in [1.54, 1.807) is 0 Å². The van der Waals surface area contributed by atoms with Crippen LogP contribution >= 0.6 is 11.6 Å².